The number of carboxylic acid groups (broad SMARTS) is 1. The number of nitrogens with zero attached hydrogens (tertiary/aromatic N) is 1. The summed E-state index contributed by atoms with van der Waals surface area (Å²) in [5, 5.41) is 23.0. The minimum atomic E-state index is -1.36. The third kappa shape index (κ3) is 2.03. The van der Waals surface area contributed by atoms with Crippen LogP contribution in [-0.4, -0.2) is 21.5 Å². The summed E-state index contributed by atoms with van der Waals surface area (Å²) in [6.45, 7) is 0. The van der Waals surface area contributed by atoms with Gasteiger partial charge < -0.3 is 5.11 Å². The highest BCUT2D eigenvalue weighted by Crippen LogP contribution is 2.04. The highest BCUT2D eigenvalue weighted by molar-refractivity contribution is 9.10. The summed E-state index contributed by atoms with van der Waals surface area (Å²) in [7, 11) is 0. The van der Waals surface area contributed by atoms with E-state index in [4.69, 9.17) is 15.9 Å². The molecule has 0 aliphatic heterocycles. The number of pyridine rings is 1. The van der Waals surface area contributed by atoms with Crippen molar-refractivity contribution < 1.29 is 9.90 Å². The number of aliphatic carboxylic acids is 1. The Morgan fingerprint density at radius 1 is 1.54 bits per heavy atom. The van der Waals surface area contributed by atoms with Gasteiger partial charge in [0.2, 0.25) is 5.84 Å². The van der Waals surface area contributed by atoms with Crippen molar-refractivity contribution in [2.24, 2.45) is 0 Å². The number of nitrogens with one attached hydrogen (secondary N) is 2. The smallest absolute Gasteiger partial charge is 0.371 e. The van der Waals surface area contributed by atoms with Gasteiger partial charge in [0.05, 0.1) is 0 Å². The first-order valence-electron chi connectivity index (χ1n) is 3.27. The molecule has 6 heteroatoms. The molecule has 0 radical (unpaired) electrons. The summed E-state index contributed by atoms with van der Waals surface area (Å²) in [5.41, 5.74) is -0.0457. The van der Waals surface area contributed by atoms with Crippen molar-refractivity contribution >= 4 is 27.7 Å². The highest BCUT2D eigenvalue weighted by atomic mass is 79.9. The summed E-state index contributed by atoms with van der Waals surface area (Å²) in [5.74, 6) is -2.01. The zero-order chi connectivity index (χ0) is 10.0. The van der Waals surface area contributed by atoms with Crippen molar-refractivity contribution in [3.8, 4) is 0 Å². The lowest BCUT2D eigenvalue weighted by atomic mass is 10.4. The lowest BCUT2D eigenvalue weighted by Gasteiger charge is -2.03. The second-order valence-electron chi connectivity index (χ2n) is 2.26. The molecule has 0 aliphatic carbocycles. The van der Waals surface area contributed by atoms with E-state index >= 15 is 0 Å². The molecule has 5 nitrogen and oxygen atoms in total. The monoisotopic (exact) mass is 243 g/mol. The summed E-state index contributed by atoms with van der Waals surface area (Å²) in [4.78, 5) is 10.4. The maximum Gasteiger partial charge on any atom is 0.371 e. The summed E-state index contributed by atoms with van der Waals surface area (Å²) in [6.07, 6.45) is 1.36. The summed E-state index contributed by atoms with van der Waals surface area (Å²) >= 11 is 3.12. The average molecular weight is 244 g/mol. The average Bonchev–Trinajstić information content (AvgIpc) is 2.08. The number of hydrogen-bond donors (Lipinski definition) is 3. The van der Waals surface area contributed by atoms with Crippen LogP contribution in [0.4, 0.5) is 0 Å². The third-order valence-corrected chi connectivity index (χ3v) is 1.82. The Morgan fingerprint density at radius 3 is 2.69 bits per heavy atom. The van der Waals surface area contributed by atoms with Gasteiger partial charge in [-0.25, -0.2) is 4.79 Å². The molecule has 0 saturated carbocycles. The van der Waals surface area contributed by atoms with Crippen LogP contribution in [0.25, 0.3) is 0 Å². The fourth-order valence-corrected chi connectivity index (χ4v) is 1.10. The van der Waals surface area contributed by atoms with E-state index in [1.165, 1.54) is 12.3 Å². The number of aromatic nitrogens is 1. The van der Waals surface area contributed by atoms with Gasteiger partial charge in [-0.1, -0.05) is 0 Å². The molecule has 1 heterocycles. The molecule has 0 fully saturated rings. The predicted molar refractivity (Wildman–Crippen MR) is 48.7 cm³/mol. The van der Waals surface area contributed by atoms with Gasteiger partial charge in [0, 0.05) is 10.7 Å². The standard InChI is InChI=1S/C7H6BrN3O2/c8-4-1-2-5(9)11(3-4)6(10)7(12)13/h1-3,9-10H,(H,12,13). The molecule has 13 heavy (non-hydrogen) atoms. The maximum absolute atomic E-state index is 10.4. The molecule has 1 aromatic rings. The van der Waals surface area contributed by atoms with Gasteiger partial charge >= 0.3 is 5.97 Å². The highest BCUT2D eigenvalue weighted by Gasteiger charge is 2.09. The summed E-state index contributed by atoms with van der Waals surface area (Å²) < 4.78 is 1.58. The fourth-order valence-electron chi connectivity index (χ4n) is 0.763. The Labute approximate surface area is 81.8 Å². The van der Waals surface area contributed by atoms with E-state index in [0.29, 0.717) is 4.47 Å². The topological polar surface area (TPSA) is 89.9 Å². The van der Waals surface area contributed by atoms with E-state index in [1.807, 2.05) is 0 Å². The molecule has 0 aromatic carbocycles. The van der Waals surface area contributed by atoms with Gasteiger partial charge in [0.1, 0.15) is 5.49 Å². The second kappa shape index (κ2) is 3.53. The summed E-state index contributed by atoms with van der Waals surface area (Å²) in [6, 6.07) is 3.01. The van der Waals surface area contributed by atoms with E-state index < -0.39 is 11.8 Å². The number of carboxylic acids is 1. The molecular weight excluding hydrogens is 238 g/mol. The van der Waals surface area contributed by atoms with Crippen molar-refractivity contribution in [3.63, 3.8) is 0 Å². The Hall–Kier alpha value is -1.43. The third-order valence-electron chi connectivity index (χ3n) is 1.36. The van der Waals surface area contributed by atoms with Crippen molar-refractivity contribution in [2.45, 2.75) is 0 Å². The molecule has 68 valence electrons. The van der Waals surface area contributed by atoms with Crippen LogP contribution in [0.3, 0.4) is 0 Å². The number of halogens is 1. The largest absolute Gasteiger partial charge is 0.475 e. The molecule has 3 N–H and O–H groups in total. The first-order valence-corrected chi connectivity index (χ1v) is 4.06. The van der Waals surface area contributed by atoms with Gasteiger partial charge in [-0.3, -0.25) is 15.4 Å². The SMILES string of the molecule is N=C(C(=O)O)n1cc(Br)ccc1=N. The molecule has 1 aromatic heterocycles. The van der Waals surface area contributed by atoms with E-state index in [1.54, 1.807) is 6.07 Å². The molecule has 1 rings (SSSR count). The molecule has 0 aliphatic rings. The zero-order valence-electron chi connectivity index (χ0n) is 6.41. The van der Waals surface area contributed by atoms with Gasteiger partial charge in [0.15, 0.2) is 0 Å². The minimum absolute atomic E-state index is 0.0457. The maximum atomic E-state index is 10.4. The molecule has 0 unspecified atom stereocenters. The minimum Gasteiger partial charge on any atom is -0.475 e. The van der Waals surface area contributed by atoms with Crippen LogP contribution >= 0.6 is 15.9 Å². The molecule has 0 saturated heterocycles. The van der Waals surface area contributed by atoms with Crippen LogP contribution in [0.5, 0.6) is 0 Å². The predicted octanol–water partition coefficient (Wildman–Crippen LogP) is 0.640. The van der Waals surface area contributed by atoms with Gasteiger partial charge in [-0.2, -0.15) is 0 Å². The van der Waals surface area contributed by atoms with Crippen LogP contribution < -0.4 is 5.49 Å². The van der Waals surface area contributed by atoms with Crippen molar-refractivity contribution in [3.05, 3.63) is 28.3 Å². The molecular formula is C7H6BrN3O2. The molecule has 0 atom stereocenters. The lowest BCUT2D eigenvalue weighted by molar-refractivity contribution is -0.129. The lowest BCUT2D eigenvalue weighted by Crippen LogP contribution is -2.31. The van der Waals surface area contributed by atoms with Gasteiger partial charge in [-0.15, -0.1) is 0 Å². The molecule has 0 amide bonds. The van der Waals surface area contributed by atoms with E-state index in [2.05, 4.69) is 15.9 Å². The van der Waals surface area contributed by atoms with Crippen LogP contribution in [-0.2, 0) is 4.79 Å². The van der Waals surface area contributed by atoms with E-state index in [9.17, 15) is 4.79 Å². The van der Waals surface area contributed by atoms with Gasteiger partial charge in [-0.05, 0) is 28.1 Å². The van der Waals surface area contributed by atoms with Crippen LogP contribution in [0.1, 0.15) is 0 Å². The normalized spacial score (nSPS) is 9.62. The number of carbonyl (C=O) groups is 1. The Morgan fingerprint density at radius 2 is 2.15 bits per heavy atom. The van der Waals surface area contributed by atoms with Crippen LogP contribution in [0.2, 0.25) is 0 Å². The molecule has 0 bridgehead atoms. The number of rotatable bonds is 0. The Bertz CT molecular complexity index is 424. The van der Waals surface area contributed by atoms with E-state index in [-0.39, 0.29) is 5.49 Å². The van der Waals surface area contributed by atoms with Crippen molar-refractivity contribution in [2.75, 3.05) is 0 Å². The van der Waals surface area contributed by atoms with Crippen molar-refractivity contribution in [1.82, 2.24) is 4.57 Å². The number of hydrogen-bond acceptors (Lipinski definition) is 3. The molecule has 0 spiro atoms. The Balaban J connectivity index is 3.29. The van der Waals surface area contributed by atoms with Gasteiger partial charge in [0.25, 0.3) is 0 Å². The van der Waals surface area contributed by atoms with E-state index in [0.717, 1.165) is 4.57 Å². The van der Waals surface area contributed by atoms with Crippen LogP contribution in [0.15, 0.2) is 22.8 Å². The second-order valence-corrected chi connectivity index (χ2v) is 3.17. The zero-order valence-corrected chi connectivity index (χ0v) is 8.00. The first kappa shape index (κ1) is 9.66. The van der Waals surface area contributed by atoms with Crippen molar-refractivity contribution in [1.29, 1.82) is 10.8 Å². The fraction of sp³-hybridized carbons (Fsp3) is 0. The Kier molecular flexibility index (Phi) is 2.62. The first-order chi connectivity index (χ1) is 6.02. The van der Waals surface area contributed by atoms with Crippen LogP contribution in [0, 0.1) is 10.8 Å². The quantitative estimate of drug-likeness (QED) is 0.461.